The van der Waals surface area contributed by atoms with Crippen LogP contribution < -0.4 is 5.32 Å². The van der Waals surface area contributed by atoms with Gasteiger partial charge in [0.1, 0.15) is 6.10 Å². The van der Waals surface area contributed by atoms with E-state index in [1.807, 2.05) is 13.8 Å². The second-order valence-corrected chi connectivity index (χ2v) is 6.22. The number of carboxylic acids is 1. The molecule has 0 bridgehead atoms. The monoisotopic (exact) mass is 319 g/mol. The van der Waals surface area contributed by atoms with Crippen LogP contribution in [0.4, 0.5) is 5.69 Å². The van der Waals surface area contributed by atoms with Crippen molar-refractivity contribution >= 4 is 17.6 Å². The van der Waals surface area contributed by atoms with Crippen molar-refractivity contribution in [3.63, 3.8) is 0 Å². The molecule has 2 N–H and O–H groups in total. The highest BCUT2D eigenvalue weighted by atomic mass is 16.5. The fourth-order valence-corrected chi connectivity index (χ4v) is 3.03. The van der Waals surface area contributed by atoms with Crippen molar-refractivity contribution in [1.29, 1.82) is 0 Å². The van der Waals surface area contributed by atoms with Crippen molar-refractivity contribution in [3.8, 4) is 0 Å². The van der Waals surface area contributed by atoms with Gasteiger partial charge in [-0.1, -0.05) is 25.8 Å². The summed E-state index contributed by atoms with van der Waals surface area (Å²) in [7, 11) is 0. The number of ether oxygens (including phenoxy) is 1. The second kappa shape index (κ2) is 7.59. The number of carbonyl (C=O) groups is 2. The van der Waals surface area contributed by atoms with Crippen LogP contribution in [0.1, 0.15) is 60.5 Å². The van der Waals surface area contributed by atoms with Crippen LogP contribution in [0.2, 0.25) is 0 Å². The number of amides is 1. The SMILES string of the molecule is CCC(OC1CCCC1)C(=O)Nc1cc(C(=O)O)c(C)cc1C. The number of carboxylic acid groups (broad SMARTS) is 1. The van der Waals surface area contributed by atoms with Gasteiger partial charge in [-0.2, -0.15) is 0 Å². The van der Waals surface area contributed by atoms with Gasteiger partial charge in [-0.15, -0.1) is 0 Å². The first-order valence-corrected chi connectivity index (χ1v) is 8.23. The molecule has 1 fully saturated rings. The third-order valence-corrected chi connectivity index (χ3v) is 4.38. The van der Waals surface area contributed by atoms with Gasteiger partial charge in [0.05, 0.1) is 11.7 Å². The Bertz CT molecular complexity index is 591. The topological polar surface area (TPSA) is 75.6 Å². The lowest BCUT2D eigenvalue weighted by Gasteiger charge is -2.21. The molecule has 0 spiro atoms. The molecule has 0 saturated heterocycles. The van der Waals surface area contributed by atoms with Crippen molar-refractivity contribution in [3.05, 3.63) is 28.8 Å². The molecule has 1 amide bonds. The van der Waals surface area contributed by atoms with E-state index in [4.69, 9.17) is 4.74 Å². The van der Waals surface area contributed by atoms with Crippen LogP contribution in [-0.4, -0.2) is 29.2 Å². The zero-order chi connectivity index (χ0) is 17.0. The highest BCUT2D eigenvalue weighted by Crippen LogP contribution is 2.25. The van der Waals surface area contributed by atoms with Gasteiger partial charge in [0.15, 0.2) is 0 Å². The molecule has 1 unspecified atom stereocenters. The Morgan fingerprint density at radius 1 is 1.26 bits per heavy atom. The molecule has 1 atom stereocenters. The number of hydrogen-bond donors (Lipinski definition) is 2. The first-order valence-electron chi connectivity index (χ1n) is 8.23. The number of nitrogens with one attached hydrogen (secondary N) is 1. The van der Waals surface area contributed by atoms with Crippen molar-refractivity contribution in [2.75, 3.05) is 5.32 Å². The smallest absolute Gasteiger partial charge is 0.336 e. The van der Waals surface area contributed by atoms with Crippen LogP contribution in [0.25, 0.3) is 0 Å². The van der Waals surface area contributed by atoms with Gasteiger partial charge in [-0.05, 0) is 50.3 Å². The van der Waals surface area contributed by atoms with Crippen LogP contribution in [0, 0.1) is 13.8 Å². The number of anilines is 1. The van der Waals surface area contributed by atoms with E-state index in [0.29, 0.717) is 17.7 Å². The maximum Gasteiger partial charge on any atom is 0.336 e. The molecule has 0 radical (unpaired) electrons. The van der Waals surface area contributed by atoms with Crippen LogP contribution in [0.3, 0.4) is 0 Å². The molecule has 5 nitrogen and oxygen atoms in total. The highest BCUT2D eigenvalue weighted by molar-refractivity contribution is 5.97. The minimum absolute atomic E-state index is 0.166. The molecule has 1 aromatic rings. The summed E-state index contributed by atoms with van der Waals surface area (Å²) in [6.45, 7) is 5.52. The molecule has 5 heteroatoms. The van der Waals surface area contributed by atoms with Gasteiger partial charge in [0.25, 0.3) is 5.91 Å². The molecule has 0 aliphatic heterocycles. The predicted molar refractivity (Wildman–Crippen MR) is 88.9 cm³/mol. The molecular formula is C18H25NO4. The summed E-state index contributed by atoms with van der Waals surface area (Å²) >= 11 is 0. The van der Waals surface area contributed by atoms with Crippen molar-refractivity contribution < 1.29 is 19.4 Å². The Balaban J connectivity index is 2.11. The van der Waals surface area contributed by atoms with Gasteiger partial charge in [0.2, 0.25) is 0 Å². The zero-order valence-electron chi connectivity index (χ0n) is 14.0. The van der Waals surface area contributed by atoms with E-state index in [9.17, 15) is 14.7 Å². The summed E-state index contributed by atoms with van der Waals surface area (Å²) in [5, 5.41) is 12.1. The lowest BCUT2D eigenvalue weighted by Crippen LogP contribution is -2.33. The van der Waals surface area contributed by atoms with E-state index in [0.717, 1.165) is 31.2 Å². The van der Waals surface area contributed by atoms with E-state index in [-0.39, 0.29) is 17.6 Å². The largest absolute Gasteiger partial charge is 0.478 e. The van der Waals surface area contributed by atoms with Crippen molar-refractivity contribution in [1.82, 2.24) is 0 Å². The summed E-state index contributed by atoms with van der Waals surface area (Å²) in [5.41, 5.74) is 2.26. The van der Waals surface area contributed by atoms with E-state index in [1.54, 1.807) is 13.0 Å². The molecule has 1 aliphatic carbocycles. The third-order valence-electron chi connectivity index (χ3n) is 4.38. The van der Waals surface area contributed by atoms with Gasteiger partial charge in [0, 0.05) is 5.69 Å². The van der Waals surface area contributed by atoms with Crippen molar-refractivity contribution in [2.24, 2.45) is 0 Å². The lowest BCUT2D eigenvalue weighted by atomic mass is 10.0. The Morgan fingerprint density at radius 3 is 2.48 bits per heavy atom. The first kappa shape index (κ1) is 17.5. The van der Waals surface area contributed by atoms with E-state index < -0.39 is 12.1 Å². The molecule has 1 saturated carbocycles. The Labute approximate surface area is 137 Å². The normalized spacial score (nSPS) is 16.3. The van der Waals surface area contributed by atoms with E-state index >= 15 is 0 Å². The maximum absolute atomic E-state index is 12.5. The summed E-state index contributed by atoms with van der Waals surface area (Å²) in [6, 6.07) is 3.30. The molecule has 1 aliphatic rings. The number of hydrogen-bond acceptors (Lipinski definition) is 3. The third kappa shape index (κ3) is 4.32. The summed E-state index contributed by atoms with van der Waals surface area (Å²) in [6.07, 6.45) is 4.60. The molecule has 2 rings (SSSR count). The average molecular weight is 319 g/mol. The quantitative estimate of drug-likeness (QED) is 0.838. The molecule has 1 aromatic carbocycles. The summed E-state index contributed by atoms with van der Waals surface area (Å²) in [5.74, 6) is -1.20. The molecule has 0 heterocycles. The van der Waals surface area contributed by atoms with E-state index in [2.05, 4.69) is 5.32 Å². The number of rotatable bonds is 6. The second-order valence-electron chi connectivity index (χ2n) is 6.22. The molecule has 23 heavy (non-hydrogen) atoms. The Hall–Kier alpha value is -1.88. The number of aromatic carboxylic acids is 1. The van der Waals surface area contributed by atoms with Crippen LogP contribution in [0.5, 0.6) is 0 Å². The Morgan fingerprint density at radius 2 is 1.91 bits per heavy atom. The molecule has 126 valence electrons. The summed E-state index contributed by atoms with van der Waals surface area (Å²) < 4.78 is 5.91. The Kier molecular flexibility index (Phi) is 5.77. The van der Waals surface area contributed by atoms with Crippen molar-refractivity contribution in [2.45, 2.75) is 65.1 Å². The number of aryl methyl sites for hydroxylation is 2. The van der Waals surface area contributed by atoms with E-state index in [1.165, 1.54) is 6.07 Å². The minimum Gasteiger partial charge on any atom is -0.478 e. The van der Waals surface area contributed by atoms with Crippen LogP contribution >= 0.6 is 0 Å². The van der Waals surface area contributed by atoms with Gasteiger partial charge in [-0.25, -0.2) is 4.79 Å². The van der Waals surface area contributed by atoms with Crippen LogP contribution in [-0.2, 0) is 9.53 Å². The van der Waals surface area contributed by atoms with Crippen LogP contribution in [0.15, 0.2) is 12.1 Å². The average Bonchev–Trinajstić information content (AvgIpc) is 3.00. The minimum atomic E-state index is -0.993. The zero-order valence-corrected chi connectivity index (χ0v) is 14.0. The fourth-order valence-electron chi connectivity index (χ4n) is 3.03. The predicted octanol–water partition coefficient (Wildman–Crippen LogP) is 3.68. The fraction of sp³-hybridized carbons (Fsp3) is 0.556. The number of benzene rings is 1. The highest BCUT2D eigenvalue weighted by Gasteiger charge is 2.25. The van der Waals surface area contributed by atoms with Gasteiger partial charge < -0.3 is 15.2 Å². The first-order chi connectivity index (χ1) is 10.9. The molecular weight excluding hydrogens is 294 g/mol. The molecule has 0 aromatic heterocycles. The van der Waals surface area contributed by atoms with Gasteiger partial charge in [-0.3, -0.25) is 4.79 Å². The maximum atomic E-state index is 12.5. The summed E-state index contributed by atoms with van der Waals surface area (Å²) in [4.78, 5) is 23.7. The van der Waals surface area contributed by atoms with Gasteiger partial charge >= 0.3 is 5.97 Å². The standard InChI is InChI=1S/C18H25NO4/c1-4-16(23-13-7-5-6-8-13)17(20)19-15-10-14(18(21)22)11(2)9-12(15)3/h9-10,13,16H,4-8H2,1-3H3,(H,19,20)(H,21,22). The lowest BCUT2D eigenvalue weighted by molar-refractivity contribution is -0.131. The number of carbonyl (C=O) groups excluding carboxylic acids is 1.